The highest BCUT2D eigenvalue weighted by Crippen LogP contribution is 2.39. The van der Waals surface area contributed by atoms with Crippen molar-refractivity contribution in [2.75, 3.05) is 17.2 Å². The molecular weight excluding hydrogens is 509 g/mol. The van der Waals surface area contributed by atoms with Gasteiger partial charge in [0.1, 0.15) is 5.75 Å². The van der Waals surface area contributed by atoms with Crippen molar-refractivity contribution in [3.8, 4) is 28.3 Å². The van der Waals surface area contributed by atoms with Gasteiger partial charge >= 0.3 is 12.2 Å². The summed E-state index contributed by atoms with van der Waals surface area (Å²) in [5.41, 5.74) is 4.23. The zero-order valence-electron chi connectivity index (χ0n) is 21.3. The number of alkyl halides is 3. The molecule has 3 aromatic carbocycles. The maximum atomic E-state index is 13.0. The van der Waals surface area contributed by atoms with Crippen LogP contribution in [0, 0.1) is 6.92 Å². The SMILES string of the molecule is CCCOc1c(C=CCC(F)(F)F)cc(-c2ccccc2-c2nn[nH]n2)cc1NC(=O)Nc1ccc(C)cc1. The van der Waals surface area contributed by atoms with Crippen molar-refractivity contribution in [1.29, 1.82) is 0 Å². The van der Waals surface area contributed by atoms with Gasteiger partial charge in [-0.3, -0.25) is 0 Å². The molecule has 0 unspecified atom stereocenters. The van der Waals surface area contributed by atoms with Gasteiger partial charge in [-0.05, 0) is 54.0 Å². The first-order valence-electron chi connectivity index (χ1n) is 12.3. The minimum atomic E-state index is -4.36. The van der Waals surface area contributed by atoms with Crippen LogP contribution < -0.4 is 15.4 Å². The molecule has 202 valence electrons. The fraction of sp³-hybridized carbons (Fsp3) is 0.214. The number of tetrazole rings is 1. The Kier molecular flexibility index (Phi) is 8.60. The summed E-state index contributed by atoms with van der Waals surface area (Å²) in [6.45, 7) is 4.14. The molecule has 0 aliphatic rings. The van der Waals surface area contributed by atoms with E-state index in [1.54, 1.807) is 30.3 Å². The molecule has 0 aliphatic heterocycles. The lowest BCUT2D eigenvalue weighted by molar-refractivity contribution is -0.124. The molecule has 0 fully saturated rings. The second-order valence-electron chi connectivity index (χ2n) is 8.74. The monoisotopic (exact) mass is 536 g/mol. The first-order chi connectivity index (χ1) is 18.7. The van der Waals surface area contributed by atoms with Gasteiger partial charge in [-0.15, -0.1) is 10.2 Å². The summed E-state index contributed by atoms with van der Waals surface area (Å²) in [5, 5.41) is 19.8. The largest absolute Gasteiger partial charge is 0.491 e. The molecule has 0 spiro atoms. The molecule has 11 heteroatoms. The van der Waals surface area contributed by atoms with Crippen molar-refractivity contribution in [2.45, 2.75) is 32.9 Å². The van der Waals surface area contributed by atoms with Crippen LogP contribution in [0.25, 0.3) is 28.6 Å². The molecule has 0 saturated heterocycles. The summed E-state index contributed by atoms with van der Waals surface area (Å²) in [7, 11) is 0. The zero-order valence-corrected chi connectivity index (χ0v) is 21.3. The number of ether oxygens (including phenoxy) is 1. The summed E-state index contributed by atoms with van der Waals surface area (Å²) >= 11 is 0. The number of nitrogens with one attached hydrogen (secondary N) is 3. The number of H-pyrrole nitrogens is 1. The van der Waals surface area contributed by atoms with E-state index in [0.29, 0.717) is 52.5 Å². The van der Waals surface area contributed by atoms with Crippen molar-refractivity contribution in [2.24, 2.45) is 0 Å². The summed E-state index contributed by atoms with van der Waals surface area (Å²) in [6, 6.07) is 17.4. The summed E-state index contributed by atoms with van der Waals surface area (Å²) < 4.78 is 44.7. The predicted octanol–water partition coefficient (Wildman–Crippen LogP) is 7.24. The Morgan fingerprint density at radius 1 is 1.05 bits per heavy atom. The van der Waals surface area contributed by atoms with Gasteiger partial charge in [0.25, 0.3) is 0 Å². The van der Waals surface area contributed by atoms with Crippen LogP contribution in [0.5, 0.6) is 5.75 Å². The fourth-order valence-corrected chi connectivity index (χ4v) is 3.84. The number of benzene rings is 3. The normalized spacial score (nSPS) is 11.5. The van der Waals surface area contributed by atoms with Crippen LogP contribution in [0.15, 0.2) is 66.7 Å². The molecule has 39 heavy (non-hydrogen) atoms. The Balaban J connectivity index is 1.80. The highest BCUT2D eigenvalue weighted by atomic mass is 19.4. The van der Waals surface area contributed by atoms with Crippen LogP contribution in [-0.4, -0.2) is 39.4 Å². The molecular formula is C28H27F3N6O2. The van der Waals surface area contributed by atoms with Crippen molar-refractivity contribution in [3.05, 3.63) is 77.9 Å². The van der Waals surface area contributed by atoms with Gasteiger partial charge in [0.15, 0.2) is 0 Å². The molecule has 4 rings (SSSR count). The number of carbonyl (C=O) groups excluding carboxylic acids is 1. The minimum Gasteiger partial charge on any atom is -0.491 e. The third-order valence-corrected chi connectivity index (χ3v) is 5.60. The van der Waals surface area contributed by atoms with Crippen molar-refractivity contribution < 1.29 is 22.7 Å². The highest BCUT2D eigenvalue weighted by molar-refractivity contribution is 6.02. The molecule has 3 N–H and O–H groups in total. The number of anilines is 2. The summed E-state index contributed by atoms with van der Waals surface area (Å²) in [6.07, 6.45) is -2.44. The average molecular weight is 537 g/mol. The number of urea groups is 1. The molecule has 8 nitrogen and oxygen atoms in total. The van der Waals surface area contributed by atoms with Crippen LogP contribution in [0.2, 0.25) is 0 Å². The van der Waals surface area contributed by atoms with E-state index in [0.717, 1.165) is 11.6 Å². The fourth-order valence-electron chi connectivity index (χ4n) is 3.84. The molecule has 0 atom stereocenters. The van der Waals surface area contributed by atoms with E-state index in [1.165, 1.54) is 6.08 Å². The van der Waals surface area contributed by atoms with E-state index in [1.807, 2.05) is 44.2 Å². The number of aromatic nitrogens is 4. The molecule has 0 aliphatic carbocycles. The van der Waals surface area contributed by atoms with Crippen molar-refractivity contribution in [1.82, 2.24) is 20.6 Å². The van der Waals surface area contributed by atoms with Gasteiger partial charge in [-0.25, -0.2) is 4.79 Å². The third kappa shape index (κ3) is 7.44. The van der Waals surface area contributed by atoms with Gasteiger partial charge in [-0.1, -0.05) is 61.0 Å². The molecule has 0 radical (unpaired) electrons. The number of rotatable bonds is 9. The Morgan fingerprint density at radius 3 is 2.46 bits per heavy atom. The summed E-state index contributed by atoms with van der Waals surface area (Å²) in [4.78, 5) is 13.0. The van der Waals surface area contributed by atoms with Crippen molar-refractivity contribution >= 4 is 23.5 Å². The van der Waals surface area contributed by atoms with E-state index in [2.05, 4.69) is 31.3 Å². The number of hydrogen-bond donors (Lipinski definition) is 3. The Hall–Kier alpha value is -4.67. The van der Waals surface area contributed by atoms with Gasteiger partial charge < -0.3 is 15.4 Å². The second-order valence-corrected chi connectivity index (χ2v) is 8.74. The number of halogens is 3. The highest BCUT2D eigenvalue weighted by Gasteiger charge is 2.25. The predicted molar refractivity (Wildman–Crippen MR) is 144 cm³/mol. The Bertz CT molecular complexity index is 1430. The summed E-state index contributed by atoms with van der Waals surface area (Å²) in [5.74, 6) is 0.604. The topological polar surface area (TPSA) is 105 Å². The lowest BCUT2D eigenvalue weighted by Gasteiger charge is -2.18. The van der Waals surface area contributed by atoms with E-state index in [4.69, 9.17) is 4.74 Å². The van der Waals surface area contributed by atoms with E-state index in [9.17, 15) is 18.0 Å². The van der Waals surface area contributed by atoms with Crippen LogP contribution >= 0.6 is 0 Å². The van der Waals surface area contributed by atoms with E-state index < -0.39 is 18.6 Å². The first kappa shape index (κ1) is 27.4. The molecule has 1 aromatic heterocycles. The van der Waals surface area contributed by atoms with Crippen molar-refractivity contribution in [3.63, 3.8) is 0 Å². The van der Waals surface area contributed by atoms with Crippen LogP contribution in [0.3, 0.4) is 0 Å². The average Bonchev–Trinajstić information content (AvgIpc) is 3.44. The van der Waals surface area contributed by atoms with Crippen LogP contribution in [0.4, 0.5) is 29.3 Å². The quantitative estimate of drug-likeness (QED) is 0.209. The first-order valence-corrected chi connectivity index (χ1v) is 12.3. The number of hydrogen-bond acceptors (Lipinski definition) is 5. The molecule has 1 heterocycles. The maximum Gasteiger partial charge on any atom is 0.392 e. The smallest absolute Gasteiger partial charge is 0.392 e. The third-order valence-electron chi connectivity index (χ3n) is 5.60. The Morgan fingerprint density at radius 2 is 1.79 bits per heavy atom. The lowest BCUT2D eigenvalue weighted by atomic mass is 9.96. The maximum absolute atomic E-state index is 13.0. The standard InChI is InChI=1S/C28H27F3N6O2/c1-3-15-39-25-19(7-6-14-28(29,30)31)16-20(22-8-4-5-9-23(22)26-34-36-37-35-26)17-24(25)33-27(38)32-21-12-10-18(2)11-13-21/h4-13,16-17H,3,14-15H2,1-2H3,(H2,32,33,38)(H,34,35,36,37). The number of allylic oxidation sites excluding steroid dienone is 1. The van der Waals surface area contributed by atoms with E-state index in [-0.39, 0.29) is 5.75 Å². The molecule has 4 aromatic rings. The number of aromatic amines is 1. The van der Waals surface area contributed by atoms with Crippen LogP contribution in [0.1, 0.15) is 30.9 Å². The molecule has 0 bridgehead atoms. The number of nitrogens with zero attached hydrogens (tertiary/aromatic N) is 3. The Labute approximate surface area is 223 Å². The number of carbonyl (C=O) groups is 1. The minimum absolute atomic E-state index is 0.259. The number of aryl methyl sites for hydroxylation is 1. The van der Waals surface area contributed by atoms with Gasteiger partial charge in [0.2, 0.25) is 5.82 Å². The van der Waals surface area contributed by atoms with E-state index >= 15 is 0 Å². The van der Waals surface area contributed by atoms with Gasteiger partial charge in [0.05, 0.1) is 18.7 Å². The van der Waals surface area contributed by atoms with Gasteiger partial charge in [-0.2, -0.15) is 18.4 Å². The molecule has 2 amide bonds. The lowest BCUT2D eigenvalue weighted by Crippen LogP contribution is -2.20. The number of amides is 2. The zero-order chi connectivity index (χ0) is 27.8. The van der Waals surface area contributed by atoms with Gasteiger partial charge in [0, 0.05) is 16.8 Å². The molecule has 0 saturated carbocycles. The second kappa shape index (κ2) is 12.2. The van der Waals surface area contributed by atoms with Crippen LogP contribution in [-0.2, 0) is 0 Å².